The van der Waals surface area contributed by atoms with Crippen LogP contribution < -0.4 is 0 Å². The second-order valence-corrected chi connectivity index (χ2v) is 2.14. The van der Waals surface area contributed by atoms with Crippen molar-refractivity contribution in [2.75, 3.05) is 0 Å². The first kappa shape index (κ1) is 11.2. The summed E-state index contributed by atoms with van der Waals surface area (Å²) in [5.74, 6) is 0.341. The second-order valence-electron chi connectivity index (χ2n) is 2.14. The number of allylic oxidation sites excluding steroid dienone is 2. The van der Waals surface area contributed by atoms with Gasteiger partial charge in [0, 0.05) is 0 Å². The van der Waals surface area contributed by atoms with Gasteiger partial charge in [0.2, 0.25) is 0 Å². The molecule has 70 valence electrons. The van der Waals surface area contributed by atoms with Gasteiger partial charge in [0.15, 0.2) is 0 Å². The van der Waals surface area contributed by atoms with Gasteiger partial charge in [-0.05, 0) is 18.6 Å². The number of ether oxygens (including phenoxy) is 2. The molecule has 0 saturated heterocycles. The number of rotatable bonds is 6. The summed E-state index contributed by atoms with van der Waals surface area (Å²) in [6.45, 7) is 9.03. The van der Waals surface area contributed by atoms with Crippen LogP contribution in [0.5, 0.6) is 0 Å². The molecule has 0 radical (unpaired) electrons. The quantitative estimate of drug-likeness (QED) is 0.353. The summed E-state index contributed by atoms with van der Waals surface area (Å²) in [7, 11) is 0. The smallest absolute Gasteiger partial charge is 0.298 e. The molecule has 0 aromatic rings. The van der Waals surface area contributed by atoms with Crippen LogP contribution in [-0.4, -0.2) is 12.9 Å². The summed E-state index contributed by atoms with van der Waals surface area (Å²) in [5, 5.41) is 0. The summed E-state index contributed by atoms with van der Waals surface area (Å²) in [5.41, 5.74) is 0.555. The predicted octanol–water partition coefficient (Wildman–Crippen LogP) is 1.31. The van der Waals surface area contributed by atoms with E-state index in [4.69, 9.17) is 0 Å². The summed E-state index contributed by atoms with van der Waals surface area (Å²) in [6, 6.07) is 0. The van der Waals surface area contributed by atoms with Crippen LogP contribution >= 0.6 is 0 Å². The van der Waals surface area contributed by atoms with Crippen molar-refractivity contribution in [3.8, 4) is 0 Å². The first-order chi connectivity index (χ1) is 6.11. The Morgan fingerprint density at radius 3 is 2.15 bits per heavy atom. The zero-order valence-electron chi connectivity index (χ0n) is 7.28. The molecule has 0 rings (SSSR count). The fourth-order valence-electron chi connectivity index (χ4n) is 0.569. The van der Waals surface area contributed by atoms with Gasteiger partial charge in [0.25, 0.3) is 12.9 Å². The van der Waals surface area contributed by atoms with Crippen LogP contribution in [0.4, 0.5) is 0 Å². The van der Waals surface area contributed by atoms with Crippen molar-refractivity contribution >= 4 is 12.9 Å². The zero-order valence-corrected chi connectivity index (χ0v) is 7.28. The Morgan fingerprint density at radius 2 is 1.69 bits per heavy atom. The minimum atomic E-state index is 0.156. The first-order valence-electron chi connectivity index (χ1n) is 3.39. The van der Waals surface area contributed by atoms with Crippen molar-refractivity contribution in [1.82, 2.24) is 0 Å². The lowest BCUT2D eigenvalue weighted by atomic mass is 10.2. The first-order valence-corrected chi connectivity index (χ1v) is 3.39. The van der Waals surface area contributed by atoms with E-state index in [9.17, 15) is 9.59 Å². The minimum Gasteiger partial charge on any atom is -0.429 e. The molecule has 0 amide bonds. The molecule has 0 bridgehead atoms. The molecule has 0 fully saturated rings. The zero-order chi connectivity index (χ0) is 10.3. The third-order valence-corrected chi connectivity index (χ3v) is 1.21. The van der Waals surface area contributed by atoms with Crippen LogP contribution in [0, 0.1) is 0 Å². The minimum absolute atomic E-state index is 0.156. The Kier molecular flexibility index (Phi) is 4.95. The molecule has 0 heterocycles. The largest absolute Gasteiger partial charge is 0.429 e. The topological polar surface area (TPSA) is 52.6 Å². The predicted molar refractivity (Wildman–Crippen MR) is 46.3 cm³/mol. The third kappa shape index (κ3) is 4.58. The van der Waals surface area contributed by atoms with Crippen molar-refractivity contribution in [1.29, 1.82) is 0 Å². The van der Waals surface area contributed by atoms with E-state index in [0.29, 0.717) is 5.57 Å². The van der Waals surface area contributed by atoms with E-state index in [2.05, 4.69) is 22.6 Å². The van der Waals surface area contributed by atoms with Gasteiger partial charge in [-0.25, -0.2) is 0 Å². The summed E-state index contributed by atoms with van der Waals surface area (Å²) < 4.78 is 8.86. The maximum Gasteiger partial charge on any atom is 0.298 e. The standard InChI is InChI=1S/C9H10O4/c1-7(9(3)13-6-11)4-8(2)12-5-10/h4-6H,2-3H2,1H3/b7-4-. The molecular weight excluding hydrogens is 172 g/mol. The highest BCUT2D eigenvalue weighted by Gasteiger charge is 1.98. The maximum absolute atomic E-state index is 9.91. The molecule has 0 saturated carbocycles. The van der Waals surface area contributed by atoms with Gasteiger partial charge in [0.05, 0.1) is 0 Å². The molecule has 0 spiro atoms. The van der Waals surface area contributed by atoms with E-state index in [-0.39, 0.29) is 24.5 Å². The van der Waals surface area contributed by atoms with Gasteiger partial charge in [0.1, 0.15) is 11.5 Å². The fourth-order valence-corrected chi connectivity index (χ4v) is 0.569. The van der Waals surface area contributed by atoms with Crippen LogP contribution in [0.2, 0.25) is 0 Å². The monoisotopic (exact) mass is 182 g/mol. The van der Waals surface area contributed by atoms with Crippen molar-refractivity contribution < 1.29 is 19.1 Å². The summed E-state index contributed by atoms with van der Waals surface area (Å²) in [6.07, 6.45) is 1.43. The Balaban J connectivity index is 4.29. The van der Waals surface area contributed by atoms with Gasteiger partial charge in [-0.2, -0.15) is 0 Å². The molecule has 0 N–H and O–H groups in total. The number of carbonyl (C=O) groups excluding carboxylic acids is 2. The Morgan fingerprint density at radius 1 is 1.15 bits per heavy atom. The lowest BCUT2D eigenvalue weighted by Gasteiger charge is -2.02. The number of carbonyl (C=O) groups is 2. The van der Waals surface area contributed by atoms with Crippen molar-refractivity contribution in [2.24, 2.45) is 0 Å². The van der Waals surface area contributed by atoms with Crippen LogP contribution in [0.25, 0.3) is 0 Å². The number of hydrogen-bond donors (Lipinski definition) is 0. The van der Waals surface area contributed by atoms with Crippen molar-refractivity contribution in [3.63, 3.8) is 0 Å². The lowest BCUT2D eigenvalue weighted by molar-refractivity contribution is -0.125. The average Bonchev–Trinajstić information content (AvgIpc) is 2.05. The second kappa shape index (κ2) is 5.77. The van der Waals surface area contributed by atoms with E-state index in [1.165, 1.54) is 6.08 Å². The fraction of sp³-hybridized carbons (Fsp3) is 0.111. The van der Waals surface area contributed by atoms with E-state index in [1.807, 2.05) is 0 Å². The van der Waals surface area contributed by atoms with Gasteiger partial charge in [-0.1, -0.05) is 13.2 Å². The molecule has 0 atom stereocenters. The molecule has 0 unspecified atom stereocenters. The normalized spacial score (nSPS) is 10.1. The molecule has 0 aliphatic rings. The highest BCUT2D eigenvalue weighted by atomic mass is 16.5. The van der Waals surface area contributed by atoms with Crippen molar-refractivity contribution in [3.05, 3.63) is 36.3 Å². The van der Waals surface area contributed by atoms with Gasteiger partial charge >= 0.3 is 0 Å². The lowest BCUT2D eigenvalue weighted by Crippen LogP contribution is -1.91. The van der Waals surface area contributed by atoms with Gasteiger partial charge in [-0.15, -0.1) is 0 Å². The maximum atomic E-state index is 9.91. The van der Waals surface area contributed by atoms with Crippen LogP contribution in [0.1, 0.15) is 6.92 Å². The molecule has 0 aliphatic heterocycles. The van der Waals surface area contributed by atoms with E-state index >= 15 is 0 Å². The SMILES string of the molecule is C=C(/C=C(/C)C(=C)OC=O)OC=O. The van der Waals surface area contributed by atoms with E-state index in [1.54, 1.807) is 6.92 Å². The Hall–Kier alpha value is -1.84. The molecule has 4 nitrogen and oxygen atoms in total. The Labute approximate surface area is 76.1 Å². The third-order valence-electron chi connectivity index (χ3n) is 1.21. The highest BCUT2D eigenvalue weighted by molar-refractivity contribution is 5.45. The molecular formula is C9H10O4. The molecule has 4 heteroatoms. The van der Waals surface area contributed by atoms with Gasteiger partial charge in [-0.3, -0.25) is 9.59 Å². The van der Waals surface area contributed by atoms with Crippen LogP contribution in [-0.2, 0) is 19.1 Å². The average molecular weight is 182 g/mol. The van der Waals surface area contributed by atoms with Crippen LogP contribution in [0.3, 0.4) is 0 Å². The Bertz CT molecular complexity index is 263. The molecule has 0 aromatic heterocycles. The van der Waals surface area contributed by atoms with E-state index < -0.39 is 0 Å². The summed E-state index contributed by atoms with van der Waals surface area (Å²) in [4.78, 5) is 19.8. The van der Waals surface area contributed by atoms with Gasteiger partial charge < -0.3 is 9.47 Å². The molecule has 13 heavy (non-hydrogen) atoms. The van der Waals surface area contributed by atoms with Crippen molar-refractivity contribution in [2.45, 2.75) is 6.92 Å². The molecule has 0 aliphatic carbocycles. The highest BCUT2D eigenvalue weighted by Crippen LogP contribution is 2.09. The number of hydrogen-bond acceptors (Lipinski definition) is 4. The van der Waals surface area contributed by atoms with E-state index in [0.717, 1.165) is 0 Å². The molecule has 0 aromatic carbocycles. The van der Waals surface area contributed by atoms with Crippen LogP contribution in [0.15, 0.2) is 36.3 Å². The summed E-state index contributed by atoms with van der Waals surface area (Å²) >= 11 is 0.